The molecule has 1 saturated heterocycles. The van der Waals surface area contributed by atoms with Crippen molar-refractivity contribution in [2.45, 2.75) is 12.6 Å². The molecule has 2 aromatic rings. The van der Waals surface area contributed by atoms with Gasteiger partial charge in [-0.25, -0.2) is 0 Å². The van der Waals surface area contributed by atoms with Gasteiger partial charge in [0, 0.05) is 41.3 Å². The Morgan fingerprint density at radius 3 is 2.85 bits per heavy atom. The minimum Gasteiger partial charge on any atom is -0.296 e. The lowest BCUT2D eigenvalue weighted by Crippen LogP contribution is -2.35. The van der Waals surface area contributed by atoms with Gasteiger partial charge in [0.25, 0.3) is 0 Å². The van der Waals surface area contributed by atoms with Gasteiger partial charge in [-0.15, -0.1) is 11.3 Å². The van der Waals surface area contributed by atoms with E-state index >= 15 is 0 Å². The summed E-state index contributed by atoms with van der Waals surface area (Å²) in [5.74, 6) is 5.08. The van der Waals surface area contributed by atoms with Crippen LogP contribution in [0, 0.1) is 0 Å². The molecular formula is C14H19N3S3. The van der Waals surface area contributed by atoms with Gasteiger partial charge in [0.1, 0.15) is 5.69 Å². The van der Waals surface area contributed by atoms with Crippen molar-refractivity contribution in [3.8, 4) is 10.6 Å². The first-order valence-corrected chi connectivity index (χ1v) is 9.96. The van der Waals surface area contributed by atoms with E-state index in [4.69, 9.17) is 0 Å². The van der Waals surface area contributed by atoms with Crippen LogP contribution in [-0.2, 0) is 6.54 Å². The molecule has 1 N–H and O–H groups in total. The number of aromatic amines is 1. The van der Waals surface area contributed by atoms with Gasteiger partial charge >= 0.3 is 0 Å². The lowest BCUT2D eigenvalue weighted by atomic mass is 10.2. The van der Waals surface area contributed by atoms with E-state index in [1.165, 1.54) is 33.6 Å². The summed E-state index contributed by atoms with van der Waals surface area (Å²) in [6, 6.07) is 7.04. The van der Waals surface area contributed by atoms with Crippen molar-refractivity contribution in [3.63, 3.8) is 0 Å². The van der Waals surface area contributed by atoms with Gasteiger partial charge in [0.05, 0.1) is 4.88 Å². The van der Waals surface area contributed by atoms with E-state index in [1.807, 2.05) is 0 Å². The molecule has 0 unspecified atom stereocenters. The van der Waals surface area contributed by atoms with Crippen LogP contribution in [0.25, 0.3) is 10.6 Å². The number of rotatable bonds is 4. The maximum atomic E-state index is 4.42. The Morgan fingerprint density at radius 2 is 2.15 bits per heavy atom. The van der Waals surface area contributed by atoms with E-state index in [1.54, 1.807) is 11.3 Å². The molecular weight excluding hydrogens is 306 g/mol. The summed E-state index contributed by atoms with van der Waals surface area (Å²) in [5.41, 5.74) is 2.27. The summed E-state index contributed by atoms with van der Waals surface area (Å²) in [5, 5.41) is 9.70. The van der Waals surface area contributed by atoms with Gasteiger partial charge < -0.3 is 0 Å². The molecule has 0 radical (unpaired) electrons. The summed E-state index contributed by atoms with van der Waals surface area (Å²) in [6.07, 6.45) is 0. The van der Waals surface area contributed by atoms with Crippen molar-refractivity contribution in [2.75, 3.05) is 30.1 Å². The Bertz CT molecular complexity index is 516. The minimum atomic E-state index is 0.668. The Labute approximate surface area is 132 Å². The van der Waals surface area contributed by atoms with Crippen molar-refractivity contribution in [1.82, 2.24) is 15.1 Å². The van der Waals surface area contributed by atoms with Crippen LogP contribution < -0.4 is 0 Å². The highest BCUT2D eigenvalue weighted by Gasteiger charge is 2.18. The van der Waals surface area contributed by atoms with Crippen LogP contribution >= 0.6 is 34.9 Å². The fourth-order valence-electron chi connectivity index (χ4n) is 2.25. The van der Waals surface area contributed by atoms with E-state index in [0.717, 1.165) is 12.2 Å². The summed E-state index contributed by atoms with van der Waals surface area (Å²) in [4.78, 5) is 3.69. The second-order valence-electron chi connectivity index (χ2n) is 4.97. The molecule has 1 aliphatic heterocycles. The van der Waals surface area contributed by atoms with Gasteiger partial charge in [-0.2, -0.15) is 28.6 Å². The van der Waals surface area contributed by atoms with Crippen molar-refractivity contribution >= 4 is 34.9 Å². The van der Waals surface area contributed by atoms with Crippen molar-refractivity contribution in [3.05, 3.63) is 29.3 Å². The lowest BCUT2D eigenvalue weighted by Gasteiger charge is -2.25. The van der Waals surface area contributed by atoms with Crippen molar-refractivity contribution in [1.29, 1.82) is 0 Å². The van der Waals surface area contributed by atoms with Gasteiger partial charge in [-0.05, 0) is 24.6 Å². The Balaban J connectivity index is 1.62. The van der Waals surface area contributed by atoms with E-state index in [9.17, 15) is 0 Å². The molecule has 1 fully saturated rings. The molecule has 0 aliphatic carbocycles. The molecule has 3 nitrogen and oxygen atoms in total. The third-order valence-corrected chi connectivity index (χ3v) is 6.82. The molecule has 6 heteroatoms. The topological polar surface area (TPSA) is 31.9 Å². The van der Waals surface area contributed by atoms with E-state index in [2.05, 4.69) is 69.2 Å². The van der Waals surface area contributed by atoms with E-state index < -0.39 is 0 Å². The molecule has 0 bridgehead atoms. The van der Waals surface area contributed by atoms with Gasteiger partial charge in [0.15, 0.2) is 0 Å². The zero-order valence-corrected chi connectivity index (χ0v) is 14.0. The third kappa shape index (κ3) is 3.61. The summed E-state index contributed by atoms with van der Waals surface area (Å²) >= 11 is 5.89. The van der Waals surface area contributed by atoms with E-state index in [-0.39, 0.29) is 0 Å². The summed E-state index contributed by atoms with van der Waals surface area (Å²) in [6.45, 7) is 0.949. The average Bonchev–Trinajstić information content (AvgIpc) is 3.05. The van der Waals surface area contributed by atoms with E-state index in [0.29, 0.717) is 6.04 Å². The lowest BCUT2D eigenvalue weighted by molar-refractivity contribution is 0.270. The number of thioether (sulfide) groups is 2. The summed E-state index contributed by atoms with van der Waals surface area (Å²) in [7, 11) is 2.22. The Kier molecular flexibility index (Phi) is 5.09. The second-order valence-corrected chi connectivity index (χ2v) is 8.22. The maximum absolute atomic E-state index is 4.42. The predicted molar refractivity (Wildman–Crippen MR) is 91.8 cm³/mol. The fourth-order valence-corrected chi connectivity index (χ4v) is 5.65. The Morgan fingerprint density at radius 1 is 1.35 bits per heavy atom. The minimum absolute atomic E-state index is 0.668. The van der Waals surface area contributed by atoms with Gasteiger partial charge in [0.2, 0.25) is 0 Å². The Hall–Kier alpha value is -0.430. The third-order valence-electron chi connectivity index (χ3n) is 3.44. The second kappa shape index (κ2) is 7.02. The van der Waals surface area contributed by atoms with Crippen LogP contribution in [0.5, 0.6) is 0 Å². The SMILES string of the molecule is CN(Cc1cc(-c2cccs2)n[nH]1)C1CSCCSC1. The van der Waals surface area contributed by atoms with Crippen LogP contribution in [0.3, 0.4) is 0 Å². The standard InChI is InChI=1S/C14H19N3S3/c1-17(12-9-18-5-6-19-10-12)8-11-7-13(16-15-11)14-3-2-4-20-14/h2-4,7,12H,5-6,8-10H2,1H3,(H,15,16). The highest BCUT2D eigenvalue weighted by atomic mass is 32.2. The molecule has 0 spiro atoms. The highest BCUT2D eigenvalue weighted by molar-refractivity contribution is 8.03. The molecule has 3 rings (SSSR count). The molecule has 108 valence electrons. The van der Waals surface area contributed by atoms with Crippen LogP contribution in [0.2, 0.25) is 0 Å². The predicted octanol–water partition coefficient (Wildman–Crippen LogP) is 3.42. The van der Waals surface area contributed by atoms with Crippen LogP contribution in [0.15, 0.2) is 23.6 Å². The summed E-state index contributed by atoms with van der Waals surface area (Å²) < 4.78 is 0. The monoisotopic (exact) mass is 325 g/mol. The number of hydrogen-bond donors (Lipinski definition) is 1. The van der Waals surface area contributed by atoms with Crippen LogP contribution in [0.1, 0.15) is 5.69 Å². The van der Waals surface area contributed by atoms with Crippen molar-refractivity contribution < 1.29 is 0 Å². The average molecular weight is 326 g/mol. The smallest absolute Gasteiger partial charge is 0.102 e. The first-order valence-electron chi connectivity index (χ1n) is 6.77. The molecule has 2 aromatic heterocycles. The maximum Gasteiger partial charge on any atom is 0.102 e. The number of hydrogen-bond acceptors (Lipinski definition) is 5. The van der Waals surface area contributed by atoms with Crippen molar-refractivity contribution in [2.24, 2.45) is 0 Å². The zero-order chi connectivity index (χ0) is 13.8. The highest BCUT2D eigenvalue weighted by Crippen LogP contribution is 2.24. The molecule has 0 aromatic carbocycles. The largest absolute Gasteiger partial charge is 0.296 e. The van der Waals surface area contributed by atoms with Crippen LogP contribution in [0.4, 0.5) is 0 Å². The van der Waals surface area contributed by atoms with Crippen LogP contribution in [-0.4, -0.2) is 51.2 Å². The molecule has 1 aliphatic rings. The number of nitrogens with one attached hydrogen (secondary N) is 1. The molecule has 0 atom stereocenters. The zero-order valence-electron chi connectivity index (χ0n) is 11.5. The molecule has 3 heterocycles. The number of thiophene rings is 1. The number of nitrogens with zero attached hydrogens (tertiary/aromatic N) is 2. The first kappa shape index (κ1) is 14.5. The molecule has 0 amide bonds. The fraction of sp³-hybridized carbons (Fsp3) is 0.500. The quantitative estimate of drug-likeness (QED) is 0.933. The number of H-pyrrole nitrogens is 1. The first-order chi connectivity index (χ1) is 9.83. The normalized spacial score (nSPS) is 17.5. The molecule has 20 heavy (non-hydrogen) atoms. The number of aromatic nitrogens is 2. The van der Waals surface area contributed by atoms with Gasteiger partial charge in [-0.3, -0.25) is 10.00 Å². The van der Waals surface area contributed by atoms with Gasteiger partial charge in [-0.1, -0.05) is 6.07 Å². The molecule has 0 saturated carbocycles.